The minimum Gasteiger partial charge on any atom is -0.473 e. The Morgan fingerprint density at radius 2 is 1.95 bits per heavy atom. The molecule has 0 radical (unpaired) electrons. The highest BCUT2D eigenvalue weighted by Gasteiger charge is 2.29. The van der Waals surface area contributed by atoms with Gasteiger partial charge < -0.3 is 18.9 Å². The highest BCUT2D eigenvalue weighted by Crippen LogP contribution is 2.30. The molecule has 0 saturated carbocycles. The first-order valence-corrected chi connectivity index (χ1v) is 13.6. The highest BCUT2D eigenvalue weighted by atomic mass is 79.9. The number of hydrogen-bond acceptors (Lipinski definition) is 5. The standard InChI is InChI=1S/C28H27BrClFN4O3/c1-37-14-13-35-25-15-20(29)6-8-24(25)33-27(35)28(36)34-11-9-18(10-12-34)23-3-2-4-26(32-23)38-17-19-5-7-21(30)16-22(19)31/h2-8,15-16,18H,9-14,17H2,1H3. The number of likely N-dealkylation sites (tertiary alicyclic amines) is 1. The van der Waals surface area contributed by atoms with E-state index in [0.29, 0.717) is 48.5 Å². The maximum absolute atomic E-state index is 14.1. The Morgan fingerprint density at radius 3 is 2.71 bits per heavy atom. The smallest absolute Gasteiger partial charge is 0.289 e. The molecule has 1 aliphatic heterocycles. The Hall–Kier alpha value is -3.01. The van der Waals surface area contributed by atoms with Crippen molar-refractivity contribution in [3.05, 3.63) is 87.0 Å². The summed E-state index contributed by atoms with van der Waals surface area (Å²) in [6.45, 7) is 2.28. The van der Waals surface area contributed by atoms with Gasteiger partial charge in [0.05, 0.1) is 17.6 Å². The van der Waals surface area contributed by atoms with E-state index in [1.54, 1.807) is 25.3 Å². The molecule has 0 N–H and O–H groups in total. The molecule has 1 aliphatic rings. The zero-order valence-corrected chi connectivity index (χ0v) is 23.2. The number of imidazole rings is 1. The van der Waals surface area contributed by atoms with Crippen LogP contribution < -0.4 is 4.74 Å². The van der Waals surface area contributed by atoms with Crippen molar-refractivity contribution in [3.63, 3.8) is 0 Å². The summed E-state index contributed by atoms with van der Waals surface area (Å²) in [7, 11) is 1.64. The third-order valence-electron chi connectivity index (χ3n) is 6.76. The van der Waals surface area contributed by atoms with Crippen LogP contribution in [0.5, 0.6) is 5.88 Å². The van der Waals surface area contributed by atoms with Gasteiger partial charge in [0.1, 0.15) is 12.4 Å². The van der Waals surface area contributed by atoms with Gasteiger partial charge in [-0.3, -0.25) is 4.79 Å². The Labute approximate surface area is 233 Å². The number of halogens is 3. The molecule has 4 aromatic rings. The Kier molecular flexibility index (Phi) is 8.26. The van der Waals surface area contributed by atoms with Crippen molar-refractivity contribution in [1.29, 1.82) is 0 Å². The Balaban J connectivity index is 1.25. The molecule has 2 aromatic heterocycles. The fourth-order valence-electron chi connectivity index (χ4n) is 4.72. The van der Waals surface area contributed by atoms with Gasteiger partial charge in [-0.1, -0.05) is 39.7 Å². The maximum Gasteiger partial charge on any atom is 0.289 e. The van der Waals surface area contributed by atoms with Crippen molar-refractivity contribution in [2.75, 3.05) is 26.8 Å². The van der Waals surface area contributed by atoms with E-state index in [9.17, 15) is 9.18 Å². The molecule has 0 spiro atoms. The van der Waals surface area contributed by atoms with Gasteiger partial charge in [-0.05, 0) is 49.2 Å². The quantitative estimate of drug-likeness (QED) is 0.239. The SMILES string of the molecule is COCCn1c(C(=O)N2CCC(c3cccc(OCc4ccc(Cl)cc4F)n3)CC2)nc2ccc(Br)cc21. The van der Waals surface area contributed by atoms with E-state index in [-0.39, 0.29) is 18.4 Å². The summed E-state index contributed by atoms with van der Waals surface area (Å²) in [4.78, 5) is 24.7. The van der Waals surface area contributed by atoms with Crippen molar-refractivity contribution in [2.24, 2.45) is 0 Å². The van der Waals surface area contributed by atoms with Crippen LogP contribution in [0.2, 0.25) is 5.02 Å². The lowest BCUT2D eigenvalue weighted by molar-refractivity contribution is 0.0692. The molecule has 38 heavy (non-hydrogen) atoms. The van der Waals surface area contributed by atoms with Crippen molar-refractivity contribution < 1.29 is 18.7 Å². The van der Waals surface area contributed by atoms with Crippen molar-refractivity contribution in [1.82, 2.24) is 19.4 Å². The number of fused-ring (bicyclic) bond motifs is 1. The number of methoxy groups -OCH3 is 1. The lowest BCUT2D eigenvalue weighted by Gasteiger charge is -2.31. The molecule has 10 heteroatoms. The van der Waals surface area contributed by atoms with E-state index >= 15 is 0 Å². The zero-order chi connectivity index (χ0) is 26.6. The Morgan fingerprint density at radius 1 is 1.13 bits per heavy atom. The number of rotatable bonds is 8. The third kappa shape index (κ3) is 5.85. The number of aromatic nitrogens is 3. The van der Waals surface area contributed by atoms with Crippen LogP contribution in [0.1, 0.15) is 40.6 Å². The molecule has 0 unspecified atom stereocenters. The van der Waals surface area contributed by atoms with Gasteiger partial charge in [0.15, 0.2) is 5.82 Å². The Bertz CT molecular complexity index is 1460. The summed E-state index contributed by atoms with van der Waals surface area (Å²) >= 11 is 9.34. The maximum atomic E-state index is 14.1. The summed E-state index contributed by atoms with van der Waals surface area (Å²) in [5.41, 5.74) is 3.00. The predicted octanol–water partition coefficient (Wildman–Crippen LogP) is 6.23. The number of benzene rings is 2. The van der Waals surface area contributed by atoms with Crippen LogP contribution >= 0.6 is 27.5 Å². The zero-order valence-electron chi connectivity index (χ0n) is 20.9. The van der Waals surface area contributed by atoms with Gasteiger partial charge in [-0.25, -0.2) is 14.4 Å². The van der Waals surface area contributed by atoms with Crippen LogP contribution in [0.4, 0.5) is 4.39 Å². The first-order valence-electron chi connectivity index (χ1n) is 12.4. The minimum atomic E-state index is -0.408. The monoisotopic (exact) mass is 600 g/mol. The fourth-order valence-corrected chi connectivity index (χ4v) is 5.22. The number of amides is 1. The van der Waals surface area contributed by atoms with Crippen LogP contribution in [0.15, 0.2) is 59.1 Å². The van der Waals surface area contributed by atoms with Crippen molar-refractivity contribution in [3.8, 4) is 5.88 Å². The molecule has 2 aromatic carbocycles. The number of nitrogens with zero attached hydrogens (tertiary/aromatic N) is 4. The number of ether oxygens (including phenoxy) is 2. The van der Waals surface area contributed by atoms with Crippen LogP contribution in [0.25, 0.3) is 11.0 Å². The number of carbonyl (C=O) groups is 1. The predicted molar refractivity (Wildman–Crippen MR) is 147 cm³/mol. The number of pyridine rings is 1. The summed E-state index contributed by atoms with van der Waals surface area (Å²) in [5.74, 6) is 0.569. The van der Waals surface area contributed by atoms with Crippen molar-refractivity contribution >= 4 is 44.5 Å². The lowest BCUT2D eigenvalue weighted by Crippen LogP contribution is -2.39. The third-order valence-corrected chi connectivity index (χ3v) is 7.49. The molecule has 3 heterocycles. The van der Waals surface area contributed by atoms with E-state index in [0.717, 1.165) is 34.0 Å². The van der Waals surface area contributed by atoms with Crippen LogP contribution in [0, 0.1) is 5.82 Å². The van der Waals surface area contributed by atoms with E-state index in [1.807, 2.05) is 39.8 Å². The first-order chi connectivity index (χ1) is 18.4. The second kappa shape index (κ2) is 11.8. The molecule has 0 aliphatic carbocycles. The molecule has 1 fully saturated rings. The molecule has 5 rings (SSSR count). The molecular formula is C28H27BrClFN4O3. The van der Waals surface area contributed by atoms with E-state index in [2.05, 4.69) is 25.9 Å². The molecule has 0 atom stereocenters. The first kappa shape index (κ1) is 26.6. The van der Waals surface area contributed by atoms with Crippen LogP contribution in [0.3, 0.4) is 0 Å². The molecule has 1 amide bonds. The highest BCUT2D eigenvalue weighted by molar-refractivity contribution is 9.10. The number of hydrogen-bond donors (Lipinski definition) is 0. The fraction of sp³-hybridized carbons (Fsp3) is 0.321. The average Bonchev–Trinajstić information content (AvgIpc) is 3.28. The molecule has 198 valence electrons. The second-order valence-electron chi connectivity index (χ2n) is 9.20. The summed E-state index contributed by atoms with van der Waals surface area (Å²) in [6, 6.07) is 15.9. The normalized spacial score (nSPS) is 14.3. The van der Waals surface area contributed by atoms with Crippen molar-refractivity contribution in [2.45, 2.75) is 31.9 Å². The van der Waals surface area contributed by atoms with Gasteiger partial charge in [0, 0.05) is 59.5 Å². The average molecular weight is 602 g/mol. The summed E-state index contributed by atoms with van der Waals surface area (Å²) in [6.07, 6.45) is 1.55. The van der Waals surface area contributed by atoms with Gasteiger partial charge in [0.25, 0.3) is 5.91 Å². The van der Waals surface area contributed by atoms with E-state index in [4.69, 9.17) is 21.1 Å². The largest absolute Gasteiger partial charge is 0.473 e. The van der Waals surface area contributed by atoms with Gasteiger partial charge in [-0.2, -0.15) is 0 Å². The molecule has 1 saturated heterocycles. The molecule has 0 bridgehead atoms. The van der Waals surface area contributed by atoms with Gasteiger partial charge >= 0.3 is 0 Å². The summed E-state index contributed by atoms with van der Waals surface area (Å²) in [5, 5.41) is 0.344. The van der Waals surface area contributed by atoms with Crippen LogP contribution in [-0.2, 0) is 17.9 Å². The van der Waals surface area contributed by atoms with E-state index in [1.165, 1.54) is 6.07 Å². The molecular weight excluding hydrogens is 575 g/mol. The minimum absolute atomic E-state index is 0.0625. The van der Waals surface area contributed by atoms with E-state index < -0.39 is 5.82 Å². The number of piperidine rings is 1. The number of carbonyl (C=O) groups excluding carboxylic acids is 1. The summed E-state index contributed by atoms with van der Waals surface area (Å²) < 4.78 is 28.0. The molecule has 7 nitrogen and oxygen atoms in total. The second-order valence-corrected chi connectivity index (χ2v) is 10.6. The lowest BCUT2D eigenvalue weighted by atomic mass is 9.93. The van der Waals surface area contributed by atoms with Crippen LogP contribution in [-0.4, -0.2) is 52.1 Å². The van der Waals surface area contributed by atoms with Gasteiger partial charge in [-0.15, -0.1) is 0 Å². The topological polar surface area (TPSA) is 69.5 Å². The van der Waals surface area contributed by atoms with Gasteiger partial charge in [0.2, 0.25) is 5.88 Å².